The summed E-state index contributed by atoms with van der Waals surface area (Å²) in [5, 5.41) is 4.85. The van der Waals surface area contributed by atoms with Crippen molar-refractivity contribution in [3.05, 3.63) is 15.6 Å². The van der Waals surface area contributed by atoms with Crippen molar-refractivity contribution in [3.63, 3.8) is 0 Å². The Labute approximate surface area is 102 Å². The molecule has 2 rings (SSSR count). The van der Waals surface area contributed by atoms with Crippen molar-refractivity contribution in [1.82, 2.24) is 10.3 Å². The van der Waals surface area contributed by atoms with Gasteiger partial charge in [0.15, 0.2) is 0 Å². The lowest BCUT2D eigenvalue weighted by Gasteiger charge is -2.16. The first kappa shape index (κ1) is 12.1. The zero-order valence-electron chi connectivity index (χ0n) is 10.5. The number of aromatic nitrogens is 1. The van der Waals surface area contributed by atoms with E-state index in [9.17, 15) is 0 Å². The maximum absolute atomic E-state index is 4.49. The zero-order valence-corrected chi connectivity index (χ0v) is 11.4. The zero-order chi connectivity index (χ0) is 11.5. The van der Waals surface area contributed by atoms with Crippen LogP contribution >= 0.6 is 11.3 Å². The van der Waals surface area contributed by atoms with E-state index in [0.29, 0.717) is 6.04 Å². The average Bonchev–Trinajstić information content (AvgIpc) is 2.84. The fourth-order valence-electron chi connectivity index (χ4n) is 2.60. The molecular formula is C13H22N2S. The minimum Gasteiger partial charge on any atom is -0.309 e. The number of nitrogens with zero attached hydrogens (tertiary/aromatic N) is 1. The predicted molar refractivity (Wildman–Crippen MR) is 70.0 cm³/mol. The first-order valence-corrected chi connectivity index (χ1v) is 7.15. The van der Waals surface area contributed by atoms with Gasteiger partial charge in [-0.3, -0.25) is 0 Å². The van der Waals surface area contributed by atoms with Gasteiger partial charge < -0.3 is 5.32 Å². The van der Waals surface area contributed by atoms with Gasteiger partial charge in [-0.1, -0.05) is 12.8 Å². The van der Waals surface area contributed by atoms with Crippen molar-refractivity contribution in [2.45, 2.75) is 52.5 Å². The molecule has 0 aliphatic heterocycles. The van der Waals surface area contributed by atoms with Crippen molar-refractivity contribution < 1.29 is 0 Å². The van der Waals surface area contributed by atoms with Crippen LogP contribution in [-0.2, 0) is 0 Å². The van der Waals surface area contributed by atoms with E-state index in [2.05, 4.69) is 31.1 Å². The van der Waals surface area contributed by atoms with Crippen LogP contribution in [-0.4, -0.2) is 11.5 Å². The van der Waals surface area contributed by atoms with E-state index in [-0.39, 0.29) is 0 Å². The third-order valence-electron chi connectivity index (χ3n) is 3.52. The Morgan fingerprint density at radius 3 is 2.62 bits per heavy atom. The summed E-state index contributed by atoms with van der Waals surface area (Å²) in [5.41, 5.74) is 1.20. The largest absolute Gasteiger partial charge is 0.309 e. The van der Waals surface area contributed by atoms with Gasteiger partial charge in [0.2, 0.25) is 0 Å². The van der Waals surface area contributed by atoms with Gasteiger partial charge in [0.1, 0.15) is 0 Å². The summed E-state index contributed by atoms with van der Waals surface area (Å²) >= 11 is 1.83. The smallest absolute Gasteiger partial charge is 0.0900 e. The first-order chi connectivity index (χ1) is 7.66. The van der Waals surface area contributed by atoms with E-state index in [4.69, 9.17) is 0 Å². The number of thiazole rings is 1. The molecule has 0 aromatic carbocycles. The SMILES string of the molecule is Cc1nc(C)c(C(C)NCC2CCCC2)s1. The minimum absolute atomic E-state index is 0.465. The average molecular weight is 238 g/mol. The van der Waals surface area contributed by atoms with Crippen LogP contribution in [0, 0.1) is 19.8 Å². The molecule has 90 valence electrons. The number of rotatable bonds is 4. The first-order valence-electron chi connectivity index (χ1n) is 6.34. The van der Waals surface area contributed by atoms with Crippen molar-refractivity contribution in [2.24, 2.45) is 5.92 Å². The lowest BCUT2D eigenvalue weighted by molar-refractivity contribution is 0.454. The Balaban J connectivity index is 1.87. The van der Waals surface area contributed by atoms with Crippen LogP contribution in [0.5, 0.6) is 0 Å². The van der Waals surface area contributed by atoms with Crippen LogP contribution < -0.4 is 5.32 Å². The lowest BCUT2D eigenvalue weighted by atomic mass is 10.1. The van der Waals surface area contributed by atoms with Crippen LogP contribution in [0.2, 0.25) is 0 Å². The summed E-state index contributed by atoms with van der Waals surface area (Å²) < 4.78 is 0. The van der Waals surface area contributed by atoms with Crippen LogP contribution in [0.25, 0.3) is 0 Å². The molecule has 0 amide bonds. The highest BCUT2D eigenvalue weighted by Gasteiger charge is 2.17. The third kappa shape index (κ3) is 2.83. The Hall–Kier alpha value is -0.410. The molecule has 3 heteroatoms. The summed E-state index contributed by atoms with van der Waals surface area (Å²) in [6.45, 7) is 7.64. The lowest BCUT2D eigenvalue weighted by Crippen LogP contribution is -2.24. The van der Waals surface area contributed by atoms with Gasteiger partial charge in [-0.2, -0.15) is 0 Å². The van der Waals surface area contributed by atoms with E-state index in [1.807, 2.05) is 11.3 Å². The number of hydrogen-bond acceptors (Lipinski definition) is 3. The van der Waals surface area contributed by atoms with Gasteiger partial charge in [-0.15, -0.1) is 11.3 Å². The molecule has 1 N–H and O–H groups in total. The highest BCUT2D eigenvalue weighted by atomic mass is 32.1. The maximum Gasteiger partial charge on any atom is 0.0900 e. The van der Waals surface area contributed by atoms with Gasteiger partial charge in [0.25, 0.3) is 0 Å². The second-order valence-electron chi connectivity index (χ2n) is 4.96. The molecule has 1 saturated carbocycles. The van der Waals surface area contributed by atoms with Crippen LogP contribution in [0.3, 0.4) is 0 Å². The summed E-state index contributed by atoms with van der Waals surface area (Å²) in [4.78, 5) is 5.90. The fraction of sp³-hybridized carbons (Fsp3) is 0.769. The molecular weight excluding hydrogens is 216 g/mol. The molecule has 1 aromatic heterocycles. The fourth-order valence-corrected chi connectivity index (χ4v) is 3.55. The Morgan fingerprint density at radius 1 is 1.38 bits per heavy atom. The number of aryl methyl sites for hydroxylation is 2. The van der Waals surface area contributed by atoms with Crippen LogP contribution in [0.4, 0.5) is 0 Å². The van der Waals surface area contributed by atoms with E-state index in [1.54, 1.807) is 0 Å². The minimum atomic E-state index is 0.465. The van der Waals surface area contributed by atoms with Gasteiger partial charge in [0.05, 0.1) is 10.7 Å². The van der Waals surface area contributed by atoms with Crippen molar-refractivity contribution >= 4 is 11.3 Å². The monoisotopic (exact) mass is 238 g/mol. The highest BCUT2D eigenvalue weighted by Crippen LogP contribution is 2.27. The van der Waals surface area contributed by atoms with Crippen molar-refractivity contribution in [1.29, 1.82) is 0 Å². The molecule has 2 nitrogen and oxygen atoms in total. The summed E-state index contributed by atoms with van der Waals surface area (Å²) in [6.07, 6.45) is 5.69. The number of nitrogens with one attached hydrogen (secondary N) is 1. The molecule has 0 radical (unpaired) electrons. The highest BCUT2D eigenvalue weighted by molar-refractivity contribution is 7.11. The Kier molecular flexibility index (Phi) is 3.98. The second-order valence-corrected chi connectivity index (χ2v) is 6.20. The van der Waals surface area contributed by atoms with Crippen LogP contribution in [0.1, 0.15) is 54.2 Å². The normalized spacial score (nSPS) is 19.2. The van der Waals surface area contributed by atoms with Gasteiger partial charge >= 0.3 is 0 Å². The Bertz CT molecular complexity index is 340. The van der Waals surface area contributed by atoms with Gasteiger partial charge in [-0.25, -0.2) is 4.98 Å². The molecule has 16 heavy (non-hydrogen) atoms. The molecule has 1 unspecified atom stereocenters. The van der Waals surface area contributed by atoms with Crippen molar-refractivity contribution in [3.8, 4) is 0 Å². The topological polar surface area (TPSA) is 24.9 Å². The van der Waals surface area contributed by atoms with E-state index >= 15 is 0 Å². The van der Waals surface area contributed by atoms with Crippen LogP contribution in [0.15, 0.2) is 0 Å². The molecule has 1 atom stereocenters. The standard InChI is InChI=1S/C13H22N2S/c1-9(13-10(2)15-11(3)16-13)14-8-12-6-4-5-7-12/h9,12,14H,4-8H2,1-3H3. The summed E-state index contributed by atoms with van der Waals surface area (Å²) in [7, 11) is 0. The van der Waals surface area contributed by atoms with Gasteiger partial charge in [-0.05, 0) is 46.1 Å². The van der Waals surface area contributed by atoms with E-state index in [1.165, 1.54) is 47.8 Å². The second kappa shape index (κ2) is 5.28. The predicted octanol–water partition coefficient (Wildman–Crippen LogP) is 3.60. The molecule has 0 saturated heterocycles. The van der Waals surface area contributed by atoms with E-state index in [0.717, 1.165) is 5.92 Å². The summed E-state index contributed by atoms with van der Waals surface area (Å²) in [5.74, 6) is 0.914. The molecule has 1 aromatic rings. The molecule has 1 heterocycles. The molecule has 1 aliphatic carbocycles. The van der Waals surface area contributed by atoms with E-state index < -0.39 is 0 Å². The Morgan fingerprint density at radius 2 is 2.06 bits per heavy atom. The van der Waals surface area contributed by atoms with Gasteiger partial charge in [0, 0.05) is 10.9 Å². The third-order valence-corrected chi connectivity index (χ3v) is 4.78. The molecule has 0 spiro atoms. The molecule has 1 aliphatic rings. The summed E-state index contributed by atoms with van der Waals surface area (Å²) in [6, 6.07) is 0.465. The molecule has 1 fully saturated rings. The maximum atomic E-state index is 4.49. The number of hydrogen-bond donors (Lipinski definition) is 1. The quantitative estimate of drug-likeness (QED) is 0.867. The molecule has 0 bridgehead atoms. The van der Waals surface area contributed by atoms with Crippen molar-refractivity contribution in [2.75, 3.05) is 6.54 Å².